The molecule has 1 heterocycles. The van der Waals surface area contributed by atoms with Gasteiger partial charge < -0.3 is 14.6 Å². The molecule has 2 amide bonds. The van der Waals surface area contributed by atoms with E-state index in [2.05, 4.69) is 5.32 Å². The third kappa shape index (κ3) is 4.64. The number of para-hydroxylation sites is 1. The topological polar surface area (TPSA) is 62.6 Å². The van der Waals surface area contributed by atoms with Crippen molar-refractivity contribution in [3.8, 4) is 11.3 Å². The number of aryl methyl sites for hydroxylation is 1. The van der Waals surface area contributed by atoms with Gasteiger partial charge in [0.15, 0.2) is 0 Å². The Morgan fingerprint density at radius 2 is 1.63 bits per heavy atom. The third-order valence-corrected chi connectivity index (χ3v) is 4.16. The molecule has 0 aliphatic heterocycles. The highest BCUT2D eigenvalue weighted by molar-refractivity contribution is 6.03. The molecule has 0 aliphatic carbocycles. The molecule has 0 spiro atoms. The molecule has 0 saturated carbocycles. The zero-order chi connectivity index (χ0) is 19.2. The highest BCUT2D eigenvalue weighted by atomic mass is 16.3. The second-order valence-electron chi connectivity index (χ2n) is 6.43. The number of rotatable bonds is 6. The molecule has 0 bridgehead atoms. The number of benzene rings is 2. The van der Waals surface area contributed by atoms with Gasteiger partial charge in [-0.05, 0) is 24.3 Å². The van der Waals surface area contributed by atoms with E-state index in [4.69, 9.17) is 4.42 Å². The van der Waals surface area contributed by atoms with Crippen LogP contribution in [-0.4, -0.2) is 30.8 Å². The fraction of sp³-hybridized carbons (Fsp3) is 0.182. The summed E-state index contributed by atoms with van der Waals surface area (Å²) in [5, 5.41) is 2.83. The second kappa shape index (κ2) is 8.36. The normalized spacial score (nSPS) is 10.4. The van der Waals surface area contributed by atoms with Crippen molar-refractivity contribution in [2.45, 2.75) is 12.8 Å². The van der Waals surface area contributed by atoms with Gasteiger partial charge in [0.05, 0.1) is 11.3 Å². The van der Waals surface area contributed by atoms with Gasteiger partial charge in [0.1, 0.15) is 11.5 Å². The minimum absolute atomic E-state index is 0.149. The Labute approximate surface area is 158 Å². The molecule has 0 saturated heterocycles. The quantitative estimate of drug-likeness (QED) is 0.714. The summed E-state index contributed by atoms with van der Waals surface area (Å²) >= 11 is 0. The van der Waals surface area contributed by atoms with Crippen molar-refractivity contribution in [3.05, 3.63) is 78.1 Å². The Kier molecular flexibility index (Phi) is 5.71. The van der Waals surface area contributed by atoms with Crippen LogP contribution in [0.15, 0.2) is 71.1 Å². The summed E-state index contributed by atoms with van der Waals surface area (Å²) in [4.78, 5) is 26.0. The standard InChI is InChI=1S/C22H22N2O3/c1-24(2)22(26)18-10-6-7-11-19(18)23-21(25)15-13-17-12-14-20(27-17)16-8-4-3-5-9-16/h3-12,14H,13,15H2,1-2H3,(H,23,25). The zero-order valence-electron chi connectivity index (χ0n) is 15.4. The molecule has 0 atom stereocenters. The first-order chi connectivity index (χ1) is 13.0. The van der Waals surface area contributed by atoms with E-state index in [0.29, 0.717) is 17.7 Å². The van der Waals surface area contributed by atoms with Gasteiger partial charge in [0.25, 0.3) is 5.91 Å². The summed E-state index contributed by atoms with van der Waals surface area (Å²) in [6, 6.07) is 20.6. The number of nitrogens with zero attached hydrogens (tertiary/aromatic N) is 1. The molecule has 1 N–H and O–H groups in total. The predicted molar refractivity (Wildman–Crippen MR) is 106 cm³/mol. The maximum absolute atomic E-state index is 12.3. The molecular weight excluding hydrogens is 340 g/mol. The minimum atomic E-state index is -0.160. The molecule has 0 unspecified atom stereocenters. The summed E-state index contributed by atoms with van der Waals surface area (Å²) < 4.78 is 5.82. The Balaban J connectivity index is 1.61. The van der Waals surface area contributed by atoms with Crippen LogP contribution in [-0.2, 0) is 11.2 Å². The predicted octanol–water partition coefficient (Wildman–Crippen LogP) is 4.22. The van der Waals surface area contributed by atoms with E-state index < -0.39 is 0 Å². The molecule has 3 aromatic rings. The molecule has 5 nitrogen and oxygen atoms in total. The summed E-state index contributed by atoms with van der Waals surface area (Å²) in [6.07, 6.45) is 0.759. The Hall–Kier alpha value is -3.34. The van der Waals surface area contributed by atoms with E-state index in [1.54, 1.807) is 38.4 Å². The van der Waals surface area contributed by atoms with E-state index in [1.807, 2.05) is 42.5 Å². The molecule has 138 valence electrons. The van der Waals surface area contributed by atoms with Gasteiger partial charge in [-0.2, -0.15) is 0 Å². The van der Waals surface area contributed by atoms with Crippen LogP contribution in [0.4, 0.5) is 5.69 Å². The summed E-state index contributed by atoms with van der Waals surface area (Å²) in [5.74, 6) is 1.23. The van der Waals surface area contributed by atoms with Crippen LogP contribution in [0.5, 0.6) is 0 Å². The van der Waals surface area contributed by atoms with Crippen molar-refractivity contribution < 1.29 is 14.0 Å². The van der Waals surface area contributed by atoms with E-state index >= 15 is 0 Å². The van der Waals surface area contributed by atoms with Gasteiger partial charge in [0, 0.05) is 32.5 Å². The average Bonchev–Trinajstić information content (AvgIpc) is 3.16. The SMILES string of the molecule is CN(C)C(=O)c1ccccc1NC(=O)CCc1ccc(-c2ccccc2)o1. The molecule has 2 aromatic carbocycles. The van der Waals surface area contributed by atoms with Gasteiger partial charge in [0.2, 0.25) is 5.91 Å². The number of nitrogens with one attached hydrogen (secondary N) is 1. The smallest absolute Gasteiger partial charge is 0.255 e. The van der Waals surface area contributed by atoms with Crippen LogP contribution >= 0.6 is 0 Å². The van der Waals surface area contributed by atoms with Crippen molar-refractivity contribution in [2.24, 2.45) is 0 Å². The van der Waals surface area contributed by atoms with Crippen molar-refractivity contribution in [1.29, 1.82) is 0 Å². The van der Waals surface area contributed by atoms with Crippen LogP contribution in [0.2, 0.25) is 0 Å². The minimum Gasteiger partial charge on any atom is -0.461 e. The van der Waals surface area contributed by atoms with Crippen molar-refractivity contribution >= 4 is 17.5 Å². The molecule has 5 heteroatoms. The zero-order valence-corrected chi connectivity index (χ0v) is 15.4. The van der Waals surface area contributed by atoms with Crippen LogP contribution in [0, 0.1) is 0 Å². The lowest BCUT2D eigenvalue weighted by Gasteiger charge is -2.14. The molecule has 0 radical (unpaired) electrons. The molecular formula is C22H22N2O3. The number of carbonyl (C=O) groups excluding carboxylic acids is 2. The van der Waals surface area contributed by atoms with Crippen LogP contribution in [0.3, 0.4) is 0 Å². The number of carbonyl (C=O) groups is 2. The van der Waals surface area contributed by atoms with Crippen molar-refractivity contribution in [1.82, 2.24) is 4.90 Å². The second-order valence-corrected chi connectivity index (χ2v) is 6.43. The number of anilines is 1. The summed E-state index contributed by atoms with van der Waals surface area (Å²) in [6.45, 7) is 0. The van der Waals surface area contributed by atoms with Crippen LogP contribution in [0.25, 0.3) is 11.3 Å². The Morgan fingerprint density at radius 1 is 0.926 bits per heavy atom. The largest absolute Gasteiger partial charge is 0.461 e. The Bertz CT molecular complexity index is 929. The van der Waals surface area contributed by atoms with Gasteiger partial charge in [-0.1, -0.05) is 42.5 Å². The molecule has 3 rings (SSSR count). The van der Waals surface area contributed by atoms with Crippen molar-refractivity contribution in [3.63, 3.8) is 0 Å². The van der Waals surface area contributed by atoms with E-state index in [0.717, 1.165) is 17.1 Å². The van der Waals surface area contributed by atoms with E-state index in [9.17, 15) is 9.59 Å². The molecule has 1 aromatic heterocycles. The number of hydrogen-bond donors (Lipinski definition) is 1. The lowest BCUT2D eigenvalue weighted by atomic mass is 10.1. The summed E-state index contributed by atoms with van der Waals surface area (Å²) in [5.41, 5.74) is 2.00. The van der Waals surface area contributed by atoms with Crippen molar-refractivity contribution in [2.75, 3.05) is 19.4 Å². The first-order valence-electron chi connectivity index (χ1n) is 8.79. The van der Waals surface area contributed by atoms with E-state index in [-0.39, 0.29) is 18.2 Å². The first-order valence-corrected chi connectivity index (χ1v) is 8.79. The first kappa shape index (κ1) is 18.5. The maximum Gasteiger partial charge on any atom is 0.255 e. The molecule has 27 heavy (non-hydrogen) atoms. The molecule has 0 fully saturated rings. The van der Waals surface area contributed by atoms with Gasteiger partial charge in [-0.3, -0.25) is 9.59 Å². The number of furan rings is 1. The third-order valence-electron chi connectivity index (χ3n) is 4.16. The fourth-order valence-electron chi connectivity index (χ4n) is 2.74. The monoisotopic (exact) mass is 362 g/mol. The average molecular weight is 362 g/mol. The lowest BCUT2D eigenvalue weighted by molar-refractivity contribution is -0.116. The fourth-order valence-corrected chi connectivity index (χ4v) is 2.74. The highest BCUT2D eigenvalue weighted by Crippen LogP contribution is 2.23. The molecule has 0 aliphatic rings. The van der Waals surface area contributed by atoms with Crippen LogP contribution in [0.1, 0.15) is 22.5 Å². The number of amides is 2. The highest BCUT2D eigenvalue weighted by Gasteiger charge is 2.15. The van der Waals surface area contributed by atoms with Crippen LogP contribution < -0.4 is 5.32 Å². The van der Waals surface area contributed by atoms with Gasteiger partial charge in [-0.25, -0.2) is 0 Å². The number of hydrogen-bond acceptors (Lipinski definition) is 3. The Morgan fingerprint density at radius 3 is 2.37 bits per heavy atom. The van der Waals surface area contributed by atoms with Gasteiger partial charge >= 0.3 is 0 Å². The summed E-state index contributed by atoms with van der Waals surface area (Å²) in [7, 11) is 3.37. The van der Waals surface area contributed by atoms with Gasteiger partial charge in [-0.15, -0.1) is 0 Å². The maximum atomic E-state index is 12.3. The van der Waals surface area contributed by atoms with E-state index in [1.165, 1.54) is 4.90 Å². The lowest BCUT2D eigenvalue weighted by Crippen LogP contribution is -2.24.